The molecule has 1 aromatic heterocycles. The summed E-state index contributed by atoms with van der Waals surface area (Å²) in [5.41, 5.74) is -4.67. The van der Waals surface area contributed by atoms with Crippen LogP contribution in [0.15, 0.2) is 71.8 Å². The summed E-state index contributed by atoms with van der Waals surface area (Å²) in [4.78, 5) is 32.0. The Balaban J connectivity index is 1.42. The topological polar surface area (TPSA) is 87.7 Å². The normalized spacial score (nSPS) is 17.2. The zero-order valence-electron chi connectivity index (χ0n) is 18.4. The number of pyridine rings is 1. The van der Waals surface area contributed by atoms with E-state index in [0.29, 0.717) is 29.7 Å². The molecule has 1 aliphatic heterocycles. The van der Waals surface area contributed by atoms with Crippen molar-refractivity contribution in [2.24, 2.45) is 0 Å². The number of carbonyl (C=O) groups excluding carboxylic acids is 2. The molecule has 36 heavy (non-hydrogen) atoms. The maximum absolute atomic E-state index is 13.3. The van der Waals surface area contributed by atoms with Gasteiger partial charge in [-0.15, -0.1) is 0 Å². The van der Waals surface area contributed by atoms with Gasteiger partial charge >= 0.3 is 11.5 Å². The molecule has 0 unspecified atom stereocenters. The molecule has 1 spiro atoms. The van der Waals surface area contributed by atoms with Gasteiger partial charge in [0.2, 0.25) is 0 Å². The van der Waals surface area contributed by atoms with Crippen molar-refractivity contribution >= 4 is 27.5 Å². The lowest BCUT2D eigenvalue weighted by Crippen LogP contribution is -2.36. The van der Waals surface area contributed by atoms with E-state index in [0.717, 1.165) is 29.2 Å². The first-order valence-electron chi connectivity index (χ1n) is 10.7. The van der Waals surface area contributed by atoms with E-state index < -0.39 is 43.5 Å². The monoisotopic (exact) mass is 519 g/mol. The van der Waals surface area contributed by atoms with E-state index in [1.165, 1.54) is 23.2 Å². The highest BCUT2D eigenvalue weighted by atomic mass is 32.2. The summed E-state index contributed by atoms with van der Waals surface area (Å²) in [6, 6.07) is 11.9. The maximum Gasteiger partial charge on any atom is 0.501 e. The van der Waals surface area contributed by atoms with Gasteiger partial charge in [0.05, 0.1) is 16.3 Å². The molecule has 7 nitrogen and oxygen atoms in total. The van der Waals surface area contributed by atoms with Gasteiger partial charge in [0.15, 0.2) is 0 Å². The Bertz CT molecular complexity index is 1470. The summed E-state index contributed by atoms with van der Waals surface area (Å²) in [7, 11) is -5.56. The fraction of sp³-hybridized carbons (Fsp3) is 0.208. The first-order valence-corrected chi connectivity index (χ1v) is 12.2. The van der Waals surface area contributed by atoms with Gasteiger partial charge in [-0.25, -0.2) is 22.5 Å². The van der Waals surface area contributed by atoms with Crippen molar-refractivity contribution in [2.45, 2.75) is 35.3 Å². The van der Waals surface area contributed by atoms with E-state index in [1.54, 1.807) is 24.3 Å². The van der Waals surface area contributed by atoms with Crippen LogP contribution in [0, 0.1) is 5.82 Å². The molecule has 2 heterocycles. The van der Waals surface area contributed by atoms with E-state index in [-0.39, 0.29) is 12.2 Å². The number of urea groups is 1. The van der Waals surface area contributed by atoms with Crippen LogP contribution in [-0.4, -0.2) is 41.3 Å². The van der Waals surface area contributed by atoms with Gasteiger partial charge in [-0.05, 0) is 79.1 Å². The number of hydrogen-bond donors (Lipinski definition) is 0. The van der Waals surface area contributed by atoms with E-state index in [2.05, 4.69) is 4.98 Å². The molecular weight excluding hydrogens is 502 g/mol. The van der Waals surface area contributed by atoms with Crippen LogP contribution >= 0.6 is 0 Å². The van der Waals surface area contributed by atoms with Crippen LogP contribution in [0.2, 0.25) is 0 Å². The standard InChI is InChI=1S/C24H17F4N3O4S/c25-17-3-1-16(2-4-17)20-13-15(9-12-29-20)14-30-22(33)31(21(32)23(30)10-11-23)18-5-7-19(8-6-18)36(34,35)24(26,27)28/h1-9,12-13H,10-11,14H2. The van der Waals surface area contributed by atoms with Gasteiger partial charge in [0.25, 0.3) is 15.7 Å². The molecule has 1 aliphatic carbocycles. The number of aromatic nitrogens is 1. The molecule has 0 radical (unpaired) electrons. The van der Waals surface area contributed by atoms with Gasteiger partial charge in [-0.1, -0.05) is 0 Å². The number of anilines is 1. The number of alkyl halides is 3. The predicted octanol–water partition coefficient (Wildman–Crippen LogP) is 4.68. The van der Waals surface area contributed by atoms with Gasteiger partial charge in [0.1, 0.15) is 11.4 Å². The fourth-order valence-electron chi connectivity index (χ4n) is 4.20. The molecule has 2 aromatic carbocycles. The summed E-state index contributed by atoms with van der Waals surface area (Å²) in [6.45, 7) is 0.0678. The number of carbonyl (C=O) groups is 2. The van der Waals surface area contributed by atoms with Crippen molar-refractivity contribution in [3.63, 3.8) is 0 Å². The number of rotatable bonds is 5. The van der Waals surface area contributed by atoms with Crippen LogP contribution in [-0.2, 0) is 21.2 Å². The molecule has 1 saturated heterocycles. The third-order valence-corrected chi connectivity index (χ3v) is 7.78. The van der Waals surface area contributed by atoms with E-state index in [1.807, 2.05) is 0 Å². The number of hydrogen-bond acceptors (Lipinski definition) is 5. The number of halogens is 4. The Morgan fingerprint density at radius 2 is 1.58 bits per heavy atom. The number of sulfone groups is 1. The quantitative estimate of drug-likeness (QED) is 0.361. The predicted molar refractivity (Wildman–Crippen MR) is 120 cm³/mol. The van der Waals surface area contributed by atoms with Crippen molar-refractivity contribution in [1.29, 1.82) is 0 Å². The van der Waals surface area contributed by atoms with Gasteiger partial charge in [0, 0.05) is 18.3 Å². The summed E-state index contributed by atoms with van der Waals surface area (Å²) < 4.78 is 75.0. The van der Waals surface area contributed by atoms with E-state index in [9.17, 15) is 35.6 Å². The highest BCUT2D eigenvalue weighted by molar-refractivity contribution is 7.92. The number of imide groups is 1. The SMILES string of the molecule is O=C1N(c2ccc(S(=O)(=O)C(F)(F)F)cc2)C(=O)C2(CC2)N1Cc1ccnc(-c2ccc(F)cc2)c1. The summed E-state index contributed by atoms with van der Waals surface area (Å²) >= 11 is 0. The van der Waals surface area contributed by atoms with Crippen LogP contribution in [0.25, 0.3) is 11.3 Å². The number of amides is 3. The van der Waals surface area contributed by atoms with Gasteiger partial charge in [-0.3, -0.25) is 9.78 Å². The number of benzene rings is 2. The lowest BCUT2D eigenvalue weighted by Gasteiger charge is -2.21. The van der Waals surface area contributed by atoms with Crippen LogP contribution in [0.3, 0.4) is 0 Å². The summed E-state index contributed by atoms with van der Waals surface area (Å²) in [5.74, 6) is -0.914. The molecule has 186 valence electrons. The highest BCUT2D eigenvalue weighted by Gasteiger charge is 2.65. The lowest BCUT2D eigenvalue weighted by atomic mass is 10.1. The Kier molecular flexibility index (Phi) is 5.39. The first-order chi connectivity index (χ1) is 16.9. The largest absolute Gasteiger partial charge is 0.501 e. The van der Waals surface area contributed by atoms with Crippen LogP contribution in [0.1, 0.15) is 18.4 Å². The molecule has 3 amide bonds. The Labute approximate surface area is 202 Å². The van der Waals surface area contributed by atoms with Crippen molar-refractivity contribution in [2.75, 3.05) is 4.90 Å². The number of nitrogens with zero attached hydrogens (tertiary/aromatic N) is 3. The molecule has 3 aromatic rings. The summed E-state index contributed by atoms with van der Waals surface area (Å²) in [5, 5.41) is 0. The van der Waals surface area contributed by atoms with Gasteiger partial charge in [-0.2, -0.15) is 13.2 Å². The van der Waals surface area contributed by atoms with Gasteiger partial charge < -0.3 is 4.90 Å². The van der Waals surface area contributed by atoms with Crippen LogP contribution in [0.5, 0.6) is 0 Å². The smallest absolute Gasteiger partial charge is 0.305 e. The molecule has 2 fully saturated rings. The fourth-order valence-corrected chi connectivity index (χ4v) is 4.97. The molecule has 0 bridgehead atoms. The van der Waals surface area contributed by atoms with Crippen LogP contribution < -0.4 is 4.90 Å². The highest BCUT2D eigenvalue weighted by Crippen LogP contribution is 2.50. The minimum absolute atomic E-state index is 0.0263. The molecule has 1 saturated carbocycles. The minimum atomic E-state index is -5.56. The molecule has 2 aliphatic rings. The lowest BCUT2D eigenvalue weighted by molar-refractivity contribution is -0.120. The zero-order chi connectivity index (χ0) is 25.9. The van der Waals surface area contributed by atoms with Crippen molar-refractivity contribution in [1.82, 2.24) is 9.88 Å². The molecule has 12 heteroatoms. The second kappa shape index (κ2) is 8.12. The van der Waals surface area contributed by atoms with Crippen LogP contribution in [0.4, 0.5) is 28.0 Å². The maximum atomic E-state index is 13.3. The molecule has 5 rings (SSSR count). The minimum Gasteiger partial charge on any atom is -0.305 e. The Hall–Kier alpha value is -3.80. The average Bonchev–Trinajstić information content (AvgIpc) is 3.61. The van der Waals surface area contributed by atoms with E-state index >= 15 is 0 Å². The second-order valence-electron chi connectivity index (χ2n) is 8.54. The van der Waals surface area contributed by atoms with E-state index in [4.69, 9.17) is 0 Å². The third kappa shape index (κ3) is 3.81. The third-order valence-electron chi connectivity index (χ3n) is 6.28. The summed E-state index contributed by atoms with van der Waals surface area (Å²) in [6.07, 6.45) is 2.38. The first kappa shape index (κ1) is 23.9. The Morgan fingerprint density at radius 1 is 0.944 bits per heavy atom. The van der Waals surface area contributed by atoms with Crippen molar-refractivity contribution in [3.8, 4) is 11.3 Å². The second-order valence-corrected chi connectivity index (χ2v) is 10.5. The zero-order valence-corrected chi connectivity index (χ0v) is 19.2. The van der Waals surface area contributed by atoms with Crippen molar-refractivity contribution in [3.05, 3.63) is 78.2 Å². The van der Waals surface area contributed by atoms with Crippen molar-refractivity contribution < 1.29 is 35.6 Å². The molecular formula is C24H17F4N3O4S. The Morgan fingerprint density at radius 3 is 2.17 bits per heavy atom. The molecule has 0 N–H and O–H groups in total. The average molecular weight is 519 g/mol. The molecule has 0 atom stereocenters.